The zero-order valence-electron chi connectivity index (χ0n) is 6.42. The third-order valence-electron chi connectivity index (χ3n) is 2.88. The molecule has 0 aromatic heterocycles. The molecule has 2 aliphatic rings. The molecule has 0 radical (unpaired) electrons. The number of hydrogen-bond acceptors (Lipinski definition) is 2. The zero-order valence-corrected chi connectivity index (χ0v) is 8.01. The van der Waals surface area contributed by atoms with Gasteiger partial charge in [-0.05, 0) is 18.9 Å². The number of halogens is 1. The van der Waals surface area contributed by atoms with Gasteiger partial charge in [0.2, 0.25) is 0 Å². The molecule has 11 heavy (non-hydrogen) atoms. The van der Waals surface area contributed by atoms with Gasteiger partial charge >= 0.3 is 0 Å². The lowest BCUT2D eigenvalue weighted by Gasteiger charge is -2.19. The second kappa shape index (κ2) is 2.87. The first-order valence-corrected chi connectivity index (χ1v) is 5.24. The summed E-state index contributed by atoms with van der Waals surface area (Å²) in [7, 11) is 0. The highest BCUT2D eigenvalue weighted by Crippen LogP contribution is 2.33. The van der Waals surface area contributed by atoms with Crippen molar-refractivity contribution in [1.82, 2.24) is 4.90 Å². The van der Waals surface area contributed by atoms with E-state index in [-0.39, 0.29) is 0 Å². The van der Waals surface area contributed by atoms with Gasteiger partial charge in [0.25, 0.3) is 0 Å². The molecule has 62 valence electrons. The fourth-order valence-corrected chi connectivity index (χ4v) is 2.66. The zero-order chi connectivity index (χ0) is 7.84. The highest BCUT2D eigenvalue weighted by Gasteiger charge is 2.40. The van der Waals surface area contributed by atoms with Crippen molar-refractivity contribution < 1.29 is 4.79 Å². The second-order valence-corrected chi connectivity index (χ2v) is 4.08. The SMILES string of the molecule is O=C(CBr)C1CN2CCC1C2. The summed E-state index contributed by atoms with van der Waals surface area (Å²) in [6, 6.07) is 0. The average molecular weight is 218 g/mol. The van der Waals surface area contributed by atoms with Gasteiger partial charge in [-0.3, -0.25) is 4.79 Å². The Balaban J connectivity index is 2.02. The molecule has 3 unspecified atom stereocenters. The van der Waals surface area contributed by atoms with Crippen molar-refractivity contribution in [2.75, 3.05) is 25.0 Å². The fraction of sp³-hybridized carbons (Fsp3) is 0.875. The average Bonchev–Trinajstić information content (AvgIpc) is 2.62. The first kappa shape index (κ1) is 7.74. The lowest BCUT2D eigenvalue weighted by Crippen LogP contribution is -2.29. The van der Waals surface area contributed by atoms with Crippen molar-refractivity contribution in [3.8, 4) is 0 Å². The number of carbonyl (C=O) groups is 1. The van der Waals surface area contributed by atoms with Gasteiger partial charge < -0.3 is 4.90 Å². The van der Waals surface area contributed by atoms with Gasteiger partial charge in [0.15, 0.2) is 0 Å². The molecule has 0 aromatic rings. The largest absolute Gasteiger partial charge is 0.302 e. The van der Waals surface area contributed by atoms with E-state index in [1.54, 1.807) is 0 Å². The van der Waals surface area contributed by atoms with E-state index in [1.165, 1.54) is 19.5 Å². The summed E-state index contributed by atoms with van der Waals surface area (Å²) in [6.45, 7) is 3.41. The molecule has 0 N–H and O–H groups in total. The summed E-state index contributed by atoms with van der Waals surface area (Å²) >= 11 is 3.23. The van der Waals surface area contributed by atoms with Gasteiger partial charge in [0.05, 0.1) is 5.33 Å². The summed E-state index contributed by atoms with van der Waals surface area (Å²) < 4.78 is 0. The number of ketones is 1. The van der Waals surface area contributed by atoms with Crippen LogP contribution in [0.3, 0.4) is 0 Å². The minimum absolute atomic E-state index is 0.350. The summed E-state index contributed by atoms with van der Waals surface area (Å²) in [5, 5.41) is 0.544. The van der Waals surface area contributed by atoms with Crippen LogP contribution < -0.4 is 0 Å². The molecule has 0 aliphatic carbocycles. The van der Waals surface area contributed by atoms with Crippen molar-refractivity contribution in [3.63, 3.8) is 0 Å². The van der Waals surface area contributed by atoms with Gasteiger partial charge in [0.1, 0.15) is 5.78 Å². The number of rotatable bonds is 2. The van der Waals surface area contributed by atoms with E-state index in [0.29, 0.717) is 22.9 Å². The molecule has 3 heteroatoms. The van der Waals surface area contributed by atoms with Crippen LogP contribution in [-0.4, -0.2) is 35.6 Å². The monoisotopic (exact) mass is 217 g/mol. The molecule has 2 fully saturated rings. The molecule has 2 bridgehead atoms. The minimum Gasteiger partial charge on any atom is -0.302 e. The third-order valence-corrected chi connectivity index (χ3v) is 3.43. The molecule has 2 aliphatic heterocycles. The molecule has 0 aromatic carbocycles. The van der Waals surface area contributed by atoms with E-state index in [2.05, 4.69) is 20.8 Å². The molecule has 2 heterocycles. The Morgan fingerprint density at radius 3 is 2.82 bits per heavy atom. The Kier molecular flexibility index (Phi) is 2.02. The maximum Gasteiger partial charge on any atom is 0.148 e. The smallest absolute Gasteiger partial charge is 0.148 e. The number of Topliss-reactive ketones (excluding diaryl/α,β-unsaturated/α-hetero) is 1. The van der Waals surface area contributed by atoms with Crippen LogP contribution in [0.5, 0.6) is 0 Å². The van der Waals surface area contributed by atoms with Crippen molar-refractivity contribution in [2.24, 2.45) is 11.8 Å². The molecule has 3 atom stereocenters. The molecule has 2 saturated heterocycles. The number of carbonyl (C=O) groups excluding carboxylic acids is 1. The Hall–Kier alpha value is 0.110. The maximum absolute atomic E-state index is 11.3. The topological polar surface area (TPSA) is 20.3 Å². The number of hydrogen-bond donors (Lipinski definition) is 0. The van der Waals surface area contributed by atoms with E-state index >= 15 is 0 Å². The summed E-state index contributed by atoms with van der Waals surface area (Å²) in [5.41, 5.74) is 0. The lowest BCUT2D eigenvalue weighted by atomic mass is 9.90. The normalized spacial score (nSPS) is 41.4. The quantitative estimate of drug-likeness (QED) is 0.642. The minimum atomic E-state index is 0.350. The first-order valence-electron chi connectivity index (χ1n) is 4.12. The van der Waals surface area contributed by atoms with Crippen LogP contribution in [0.2, 0.25) is 0 Å². The molecule has 2 nitrogen and oxygen atoms in total. The van der Waals surface area contributed by atoms with Gasteiger partial charge in [0, 0.05) is 19.0 Å². The third kappa shape index (κ3) is 1.25. The van der Waals surface area contributed by atoms with Gasteiger partial charge in [-0.1, -0.05) is 15.9 Å². The molecule has 0 amide bonds. The number of alkyl halides is 1. The Morgan fingerprint density at radius 2 is 2.36 bits per heavy atom. The maximum atomic E-state index is 11.3. The molecular weight excluding hydrogens is 206 g/mol. The van der Waals surface area contributed by atoms with Crippen LogP contribution in [-0.2, 0) is 4.79 Å². The van der Waals surface area contributed by atoms with Gasteiger partial charge in [-0.25, -0.2) is 0 Å². The van der Waals surface area contributed by atoms with Crippen LogP contribution >= 0.6 is 15.9 Å². The summed E-state index contributed by atoms with van der Waals surface area (Å²) in [6.07, 6.45) is 1.24. The van der Waals surface area contributed by atoms with Crippen molar-refractivity contribution in [1.29, 1.82) is 0 Å². The van der Waals surface area contributed by atoms with E-state index in [1.807, 2.05) is 0 Å². The lowest BCUT2D eigenvalue weighted by molar-refractivity contribution is -0.121. The highest BCUT2D eigenvalue weighted by molar-refractivity contribution is 9.09. The molecule has 0 saturated carbocycles. The fourth-order valence-electron chi connectivity index (χ4n) is 2.25. The van der Waals surface area contributed by atoms with Crippen LogP contribution in [0.1, 0.15) is 6.42 Å². The standard InChI is InChI=1S/C8H12BrNO/c9-3-8(11)7-5-10-2-1-6(7)4-10/h6-7H,1-5H2. The van der Waals surface area contributed by atoms with E-state index in [4.69, 9.17) is 0 Å². The predicted octanol–water partition coefficient (Wildman–Crippen LogP) is 0.902. The Morgan fingerprint density at radius 1 is 1.55 bits per heavy atom. The van der Waals surface area contributed by atoms with E-state index in [0.717, 1.165) is 6.54 Å². The predicted molar refractivity (Wildman–Crippen MR) is 46.8 cm³/mol. The van der Waals surface area contributed by atoms with Crippen LogP contribution in [0.25, 0.3) is 0 Å². The van der Waals surface area contributed by atoms with E-state index < -0.39 is 0 Å². The first-order chi connectivity index (χ1) is 5.31. The molecule has 2 rings (SSSR count). The van der Waals surface area contributed by atoms with Gasteiger partial charge in [-0.15, -0.1) is 0 Å². The Bertz CT molecular complexity index is 183. The molecule has 0 spiro atoms. The van der Waals surface area contributed by atoms with Gasteiger partial charge in [-0.2, -0.15) is 0 Å². The van der Waals surface area contributed by atoms with Crippen molar-refractivity contribution in [2.45, 2.75) is 6.42 Å². The molecular formula is C8H12BrNO. The number of nitrogens with zero attached hydrogens (tertiary/aromatic N) is 1. The van der Waals surface area contributed by atoms with Crippen LogP contribution in [0.4, 0.5) is 0 Å². The summed E-state index contributed by atoms with van der Waals surface area (Å²) in [5.74, 6) is 1.43. The van der Waals surface area contributed by atoms with Crippen LogP contribution in [0, 0.1) is 11.8 Å². The number of fused-ring (bicyclic) bond motifs is 2. The Labute approximate surface area is 75.1 Å². The highest BCUT2D eigenvalue weighted by atomic mass is 79.9. The van der Waals surface area contributed by atoms with Crippen LogP contribution in [0.15, 0.2) is 0 Å². The number of piperidine rings is 1. The van der Waals surface area contributed by atoms with E-state index in [9.17, 15) is 4.79 Å². The second-order valence-electron chi connectivity index (χ2n) is 3.51. The van der Waals surface area contributed by atoms with Crippen molar-refractivity contribution >= 4 is 21.7 Å². The van der Waals surface area contributed by atoms with Crippen molar-refractivity contribution in [3.05, 3.63) is 0 Å². The summed E-state index contributed by atoms with van der Waals surface area (Å²) in [4.78, 5) is 13.7.